The third-order valence-electron chi connectivity index (χ3n) is 4.54. The zero-order valence-corrected chi connectivity index (χ0v) is 9.97. The lowest BCUT2D eigenvalue weighted by Crippen LogP contribution is -2.70. The predicted molar refractivity (Wildman–Crippen MR) is 62.1 cm³/mol. The molecule has 0 saturated heterocycles. The Kier molecular flexibility index (Phi) is 3.59. The highest BCUT2D eigenvalue weighted by molar-refractivity contribution is 5.11. The van der Waals surface area contributed by atoms with Crippen LogP contribution >= 0.6 is 0 Å². The van der Waals surface area contributed by atoms with Crippen LogP contribution in [0.1, 0.15) is 59.3 Å². The molecule has 0 amide bonds. The van der Waals surface area contributed by atoms with E-state index in [1.807, 2.05) is 0 Å². The van der Waals surface area contributed by atoms with Crippen LogP contribution in [-0.2, 0) is 0 Å². The van der Waals surface area contributed by atoms with E-state index < -0.39 is 0 Å². The van der Waals surface area contributed by atoms with E-state index in [0.29, 0.717) is 5.92 Å². The molecule has 2 heteroatoms. The Hall–Kier alpha value is -0.0800. The monoisotopic (exact) mass is 198 g/mol. The minimum atomic E-state index is -0.130. The van der Waals surface area contributed by atoms with Crippen LogP contribution < -0.4 is 11.5 Å². The van der Waals surface area contributed by atoms with Gasteiger partial charge in [0.15, 0.2) is 0 Å². The Morgan fingerprint density at radius 1 is 1.14 bits per heavy atom. The molecule has 3 unspecified atom stereocenters. The van der Waals surface area contributed by atoms with E-state index in [1.54, 1.807) is 0 Å². The third-order valence-corrected chi connectivity index (χ3v) is 4.54. The van der Waals surface area contributed by atoms with Gasteiger partial charge in [-0.05, 0) is 31.6 Å². The highest BCUT2D eigenvalue weighted by Crippen LogP contribution is 2.43. The Balaban J connectivity index is 2.95. The summed E-state index contributed by atoms with van der Waals surface area (Å²) in [6, 6.07) is 0. The van der Waals surface area contributed by atoms with Gasteiger partial charge in [-0.1, -0.05) is 33.6 Å². The van der Waals surface area contributed by atoms with Gasteiger partial charge >= 0.3 is 0 Å². The SMILES string of the molecule is CCC1CCCC(N)(CC)C1(N)CC. The zero-order chi connectivity index (χ0) is 10.8. The maximum Gasteiger partial charge on any atom is 0.0362 e. The van der Waals surface area contributed by atoms with Crippen LogP contribution in [-0.4, -0.2) is 11.1 Å². The van der Waals surface area contributed by atoms with Gasteiger partial charge in [-0.2, -0.15) is 0 Å². The average Bonchev–Trinajstić information content (AvgIpc) is 2.22. The van der Waals surface area contributed by atoms with Crippen LogP contribution in [0.5, 0.6) is 0 Å². The highest BCUT2D eigenvalue weighted by atomic mass is 14.9. The van der Waals surface area contributed by atoms with E-state index in [0.717, 1.165) is 19.3 Å². The predicted octanol–water partition coefficient (Wildman–Crippen LogP) is 2.41. The summed E-state index contributed by atoms with van der Waals surface area (Å²) in [5.74, 6) is 0.617. The second-order valence-corrected chi connectivity index (χ2v) is 4.90. The first kappa shape index (κ1) is 12.0. The second-order valence-electron chi connectivity index (χ2n) is 4.90. The molecule has 14 heavy (non-hydrogen) atoms. The van der Waals surface area contributed by atoms with E-state index >= 15 is 0 Å². The molecule has 0 spiro atoms. The first-order valence-corrected chi connectivity index (χ1v) is 6.11. The number of nitrogens with two attached hydrogens (primary N) is 2. The summed E-state index contributed by atoms with van der Waals surface area (Å²) in [5.41, 5.74) is 12.8. The van der Waals surface area contributed by atoms with Crippen LogP contribution in [0.2, 0.25) is 0 Å². The summed E-state index contributed by atoms with van der Waals surface area (Å²) in [6.45, 7) is 6.60. The summed E-state index contributed by atoms with van der Waals surface area (Å²) in [4.78, 5) is 0. The molecule has 0 aromatic carbocycles. The van der Waals surface area contributed by atoms with Crippen molar-refractivity contribution >= 4 is 0 Å². The lowest BCUT2D eigenvalue weighted by Gasteiger charge is -2.53. The first-order valence-electron chi connectivity index (χ1n) is 6.11. The lowest BCUT2D eigenvalue weighted by atomic mass is 9.59. The number of hydrogen-bond donors (Lipinski definition) is 2. The fourth-order valence-corrected chi connectivity index (χ4v) is 3.28. The molecule has 84 valence electrons. The molecule has 1 rings (SSSR count). The fraction of sp³-hybridized carbons (Fsp3) is 1.00. The van der Waals surface area contributed by atoms with Crippen molar-refractivity contribution in [2.45, 2.75) is 70.4 Å². The molecule has 0 bridgehead atoms. The van der Waals surface area contributed by atoms with Gasteiger partial charge in [-0.15, -0.1) is 0 Å². The van der Waals surface area contributed by atoms with Gasteiger partial charge in [0.25, 0.3) is 0 Å². The maximum atomic E-state index is 6.58. The van der Waals surface area contributed by atoms with Crippen molar-refractivity contribution in [3.05, 3.63) is 0 Å². The smallest absolute Gasteiger partial charge is 0.0362 e. The van der Waals surface area contributed by atoms with E-state index in [4.69, 9.17) is 11.5 Å². The van der Waals surface area contributed by atoms with Gasteiger partial charge in [0, 0.05) is 11.1 Å². The summed E-state index contributed by atoms with van der Waals surface area (Å²) < 4.78 is 0. The zero-order valence-electron chi connectivity index (χ0n) is 9.97. The lowest BCUT2D eigenvalue weighted by molar-refractivity contribution is 0.0697. The normalized spacial score (nSPS) is 43.9. The van der Waals surface area contributed by atoms with Crippen molar-refractivity contribution in [1.29, 1.82) is 0 Å². The summed E-state index contributed by atoms with van der Waals surface area (Å²) in [6.07, 6.45) is 6.80. The van der Waals surface area contributed by atoms with E-state index in [1.165, 1.54) is 19.3 Å². The molecule has 1 saturated carbocycles. The standard InChI is InChI=1S/C12H26N2/c1-4-10-8-7-9-11(13,5-2)12(10,14)6-3/h10H,4-9,13-14H2,1-3H3. The molecule has 3 atom stereocenters. The van der Waals surface area contributed by atoms with Gasteiger partial charge in [0.1, 0.15) is 0 Å². The van der Waals surface area contributed by atoms with Gasteiger partial charge < -0.3 is 11.5 Å². The largest absolute Gasteiger partial charge is 0.324 e. The molecule has 0 aliphatic heterocycles. The van der Waals surface area contributed by atoms with Crippen molar-refractivity contribution in [1.82, 2.24) is 0 Å². The van der Waals surface area contributed by atoms with Crippen LogP contribution in [0, 0.1) is 5.92 Å². The Morgan fingerprint density at radius 3 is 2.21 bits per heavy atom. The Labute approximate surface area is 88.4 Å². The molecule has 2 nitrogen and oxygen atoms in total. The molecule has 1 fully saturated rings. The minimum Gasteiger partial charge on any atom is -0.324 e. The Morgan fingerprint density at radius 2 is 1.79 bits per heavy atom. The van der Waals surface area contributed by atoms with Crippen molar-refractivity contribution in [2.75, 3.05) is 0 Å². The summed E-state index contributed by atoms with van der Waals surface area (Å²) >= 11 is 0. The average molecular weight is 198 g/mol. The van der Waals surface area contributed by atoms with Gasteiger partial charge in [-0.3, -0.25) is 0 Å². The van der Waals surface area contributed by atoms with Gasteiger partial charge in [-0.25, -0.2) is 0 Å². The molecule has 0 aromatic heterocycles. The molecule has 1 aliphatic rings. The van der Waals surface area contributed by atoms with Crippen LogP contribution in [0.15, 0.2) is 0 Å². The van der Waals surface area contributed by atoms with Gasteiger partial charge in [0.2, 0.25) is 0 Å². The first-order chi connectivity index (χ1) is 6.54. The topological polar surface area (TPSA) is 52.0 Å². The molecule has 0 radical (unpaired) electrons. The maximum absolute atomic E-state index is 6.58. The highest BCUT2D eigenvalue weighted by Gasteiger charge is 2.49. The third kappa shape index (κ3) is 1.59. The molecular weight excluding hydrogens is 172 g/mol. The molecular formula is C12H26N2. The van der Waals surface area contributed by atoms with Crippen molar-refractivity contribution < 1.29 is 0 Å². The van der Waals surface area contributed by atoms with Crippen LogP contribution in [0.25, 0.3) is 0 Å². The molecule has 1 aliphatic carbocycles. The van der Waals surface area contributed by atoms with Crippen LogP contribution in [0.3, 0.4) is 0 Å². The van der Waals surface area contributed by atoms with Gasteiger partial charge in [0.05, 0.1) is 0 Å². The fourth-order valence-electron chi connectivity index (χ4n) is 3.28. The Bertz CT molecular complexity index is 193. The van der Waals surface area contributed by atoms with Crippen molar-refractivity contribution in [2.24, 2.45) is 17.4 Å². The molecule has 4 N–H and O–H groups in total. The van der Waals surface area contributed by atoms with E-state index in [-0.39, 0.29) is 11.1 Å². The quantitative estimate of drug-likeness (QED) is 0.731. The summed E-state index contributed by atoms with van der Waals surface area (Å²) in [5, 5.41) is 0. The molecule has 0 aromatic rings. The van der Waals surface area contributed by atoms with Crippen LogP contribution in [0.4, 0.5) is 0 Å². The number of rotatable bonds is 3. The minimum absolute atomic E-state index is 0.124. The van der Waals surface area contributed by atoms with Crippen molar-refractivity contribution in [3.8, 4) is 0 Å². The van der Waals surface area contributed by atoms with E-state index in [9.17, 15) is 0 Å². The molecule has 0 heterocycles. The summed E-state index contributed by atoms with van der Waals surface area (Å²) in [7, 11) is 0. The number of hydrogen-bond acceptors (Lipinski definition) is 2. The second kappa shape index (κ2) is 4.19. The van der Waals surface area contributed by atoms with E-state index in [2.05, 4.69) is 20.8 Å². The van der Waals surface area contributed by atoms with Crippen molar-refractivity contribution in [3.63, 3.8) is 0 Å².